The predicted molar refractivity (Wildman–Crippen MR) is 104 cm³/mol. The molecule has 0 aliphatic carbocycles. The Hall–Kier alpha value is -1.95. The highest BCUT2D eigenvalue weighted by atomic mass is 19.1. The molecule has 146 valence electrons. The first-order chi connectivity index (χ1) is 12.5. The van der Waals surface area contributed by atoms with Gasteiger partial charge in [0, 0.05) is 0 Å². The summed E-state index contributed by atoms with van der Waals surface area (Å²) in [5, 5.41) is 2.60. The number of hydrogen-bond acceptors (Lipinski definition) is 4. The molecule has 0 radical (unpaired) electrons. The van der Waals surface area contributed by atoms with E-state index >= 15 is 0 Å². The maximum atomic E-state index is 13.8. The first kappa shape index (κ1) is 22.1. The lowest BCUT2D eigenvalue weighted by Gasteiger charge is -2.18. The van der Waals surface area contributed by atoms with Crippen LogP contribution in [0.2, 0.25) is 0 Å². The maximum Gasteiger partial charge on any atom is 0.291 e. The van der Waals surface area contributed by atoms with Crippen molar-refractivity contribution in [3.8, 4) is 0 Å². The highest BCUT2D eigenvalue weighted by molar-refractivity contribution is 6.04. The number of nitrogens with zero attached hydrogens (tertiary/aromatic N) is 2. The van der Waals surface area contributed by atoms with Crippen molar-refractivity contribution in [1.82, 2.24) is 10.2 Å². The van der Waals surface area contributed by atoms with Gasteiger partial charge in [0.05, 0.1) is 18.2 Å². The summed E-state index contributed by atoms with van der Waals surface area (Å²) >= 11 is 0. The van der Waals surface area contributed by atoms with Crippen molar-refractivity contribution in [3.05, 3.63) is 35.6 Å². The molecule has 1 N–H and O–H groups in total. The molecule has 1 amide bonds. The van der Waals surface area contributed by atoms with Gasteiger partial charge in [0.25, 0.3) is 11.9 Å². The average molecular weight is 365 g/mol. The third kappa shape index (κ3) is 7.95. The Balaban J connectivity index is 2.67. The summed E-state index contributed by atoms with van der Waals surface area (Å²) < 4.78 is 19.3. The van der Waals surface area contributed by atoms with Crippen LogP contribution in [0.25, 0.3) is 0 Å². The lowest BCUT2D eigenvalue weighted by atomic mass is 10.2. The van der Waals surface area contributed by atoms with E-state index in [1.807, 2.05) is 13.8 Å². The molecule has 0 fully saturated rings. The van der Waals surface area contributed by atoms with E-state index in [1.54, 1.807) is 12.1 Å². The standard InChI is InChI=1S/C20H32FN3O2/c1-5-15-26-20(22-16(4)11-10-14-24(6-2)7-3)23-19(25)17-12-8-9-13-18(17)21/h8-9,12-13,16H,5-7,10-11,14-15H2,1-4H3,(H,22,23,25)/t16-/m0/s1. The van der Waals surface area contributed by atoms with E-state index in [0.717, 1.165) is 38.9 Å². The molecule has 26 heavy (non-hydrogen) atoms. The Morgan fingerprint density at radius 1 is 1.27 bits per heavy atom. The van der Waals surface area contributed by atoms with E-state index in [2.05, 4.69) is 29.1 Å². The third-order valence-corrected chi connectivity index (χ3v) is 4.11. The number of halogens is 1. The van der Waals surface area contributed by atoms with Crippen molar-refractivity contribution in [2.75, 3.05) is 26.2 Å². The van der Waals surface area contributed by atoms with E-state index in [-0.39, 0.29) is 17.6 Å². The van der Waals surface area contributed by atoms with Gasteiger partial charge < -0.3 is 9.64 Å². The minimum atomic E-state index is -0.563. The molecule has 0 heterocycles. The molecule has 1 aromatic rings. The molecule has 0 aliphatic heterocycles. The van der Waals surface area contributed by atoms with Crippen LogP contribution in [0.3, 0.4) is 0 Å². The van der Waals surface area contributed by atoms with Gasteiger partial charge in [-0.25, -0.2) is 9.38 Å². The number of rotatable bonds is 10. The first-order valence-corrected chi connectivity index (χ1v) is 9.50. The lowest BCUT2D eigenvalue weighted by molar-refractivity contribution is 0.0961. The molecule has 1 aromatic carbocycles. The van der Waals surface area contributed by atoms with Crippen molar-refractivity contribution in [1.29, 1.82) is 0 Å². The van der Waals surface area contributed by atoms with Crippen LogP contribution in [-0.4, -0.2) is 49.1 Å². The Morgan fingerprint density at radius 3 is 2.58 bits per heavy atom. The Kier molecular flexibility index (Phi) is 10.5. The van der Waals surface area contributed by atoms with Crippen molar-refractivity contribution in [2.45, 2.75) is 53.0 Å². The van der Waals surface area contributed by atoms with Gasteiger partial charge in [0.15, 0.2) is 0 Å². The third-order valence-electron chi connectivity index (χ3n) is 4.11. The second kappa shape index (κ2) is 12.4. The number of carbonyl (C=O) groups is 1. The van der Waals surface area contributed by atoms with Gasteiger partial charge in [0.1, 0.15) is 5.82 Å². The van der Waals surface area contributed by atoms with Crippen molar-refractivity contribution < 1.29 is 13.9 Å². The van der Waals surface area contributed by atoms with Gasteiger partial charge in [-0.05, 0) is 58.0 Å². The van der Waals surface area contributed by atoms with Gasteiger partial charge in [0.2, 0.25) is 0 Å². The highest BCUT2D eigenvalue weighted by Gasteiger charge is 2.15. The fourth-order valence-electron chi connectivity index (χ4n) is 2.53. The van der Waals surface area contributed by atoms with Crippen LogP contribution in [-0.2, 0) is 4.74 Å². The van der Waals surface area contributed by atoms with Crippen LogP contribution in [0.1, 0.15) is 57.3 Å². The smallest absolute Gasteiger partial charge is 0.291 e. The molecule has 1 rings (SSSR count). The summed E-state index contributed by atoms with van der Waals surface area (Å²) in [4.78, 5) is 19.1. The number of aliphatic imine (C=N–C) groups is 1. The second-order valence-electron chi connectivity index (χ2n) is 6.23. The van der Waals surface area contributed by atoms with E-state index in [9.17, 15) is 9.18 Å². The van der Waals surface area contributed by atoms with Crippen LogP contribution >= 0.6 is 0 Å². The number of benzene rings is 1. The molecular weight excluding hydrogens is 333 g/mol. The zero-order valence-electron chi connectivity index (χ0n) is 16.4. The SMILES string of the molecule is CCCOC(=N[C@@H](C)CCCN(CC)CC)NC(=O)c1ccccc1F. The number of amides is 1. The molecule has 0 bridgehead atoms. The summed E-state index contributed by atoms with van der Waals surface area (Å²) in [6.45, 7) is 11.8. The fraction of sp³-hybridized carbons (Fsp3) is 0.600. The number of nitrogens with one attached hydrogen (secondary N) is 1. The largest absolute Gasteiger partial charge is 0.465 e. The highest BCUT2D eigenvalue weighted by Crippen LogP contribution is 2.07. The van der Waals surface area contributed by atoms with Crippen molar-refractivity contribution >= 4 is 11.9 Å². The quantitative estimate of drug-likeness (QED) is 0.506. The van der Waals surface area contributed by atoms with E-state index in [1.165, 1.54) is 12.1 Å². The summed E-state index contributed by atoms with van der Waals surface area (Å²) in [6.07, 6.45) is 2.71. The van der Waals surface area contributed by atoms with Gasteiger partial charge in [-0.1, -0.05) is 32.9 Å². The molecule has 0 unspecified atom stereocenters. The molecule has 0 saturated carbocycles. The topological polar surface area (TPSA) is 53.9 Å². The predicted octanol–water partition coefficient (Wildman–Crippen LogP) is 3.85. The minimum Gasteiger partial charge on any atom is -0.465 e. The summed E-state index contributed by atoms with van der Waals surface area (Å²) in [5.41, 5.74) is -0.0190. The Labute approximate surface area is 156 Å². The normalized spacial score (nSPS) is 12.9. The van der Waals surface area contributed by atoms with Crippen LogP contribution in [0.15, 0.2) is 29.3 Å². The molecule has 5 nitrogen and oxygen atoms in total. The summed E-state index contributed by atoms with van der Waals surface area (Å²) in [5.74, 6) is -1.11. The van der Waals surface area contributed by atoms with E-state index in [0.29, 0.717) is 6.61 Å². The van der Waals surface area contributed by atoms with Crippen LogP contribution in [0, 0.1) is 5.82 Å². The summed E-state index contributed by atoms with van der Waals surface area (Å²) in [6, 6.07) is 6.04. The van der Waals surface area contributed by atoms with E-state index in [4.69, 9.17) is 4.74 Å². The molecule has 6 heteroatoms. The molecule has 0 spiro atoms. The number of hydrogen-bond donors (Lipinski definition) is 1. The van der Waals surface area contributed by atoms with Crippen molar-refractivity contribution in [3.63, 3.8) is 0 Å². The molecule has 0 aliphatic rings. The zero-order chi connectivity index (χ0) is 19.4. The van der Waals surface area contributed by atoms with Gasteiger partial charge in [-0.3, -0.25) is 10.1 Å². The number of carbonyl (C=O) groups excluding carboxylic acids is 1. The minimum absolute atomic E-state index is 0.0124. The van der Waals surface area contributed by atoms with Crippen LogP contribution < -0.4 is 5.32 Å². The zero-order valence-corrected chi connectivity index (χ0v) is 16.4. The summed E-state index contributed by atoms with van der Waals surface area (Å²) in [7, 11) is 0. The second-order valence-corrected chi connectivity index (χ2v) is 6.23. The molecule has 1 atom stereocenters. The van der Waals surface area contributed by atoms with Gasteiger partial charge in [-0.15, -0.1) is 0 Å². The van der Waals surface area contributed by atoms with Gasteiger partial charge in [-0.2, -0.15) is 0 Å². The monoisotopic (exact) mass is 365 g/mol. The molecule has 0 saturated heterocycles. The van der Waals surface area contributed by atoms with Gasteiger partial charge >= 0.3 is 0 Å². The van der Waals surface area contributed by atoms with Crippen LogP contribution in [0.4, 0.5) is 4.39 Å². The number of ether oxygens (including phenoxy) is 1. The molecule has 0 aromatic heterocycles. The first-order valence-electron chi connectivity index (χ1n) is 9.50. The van der Waals surface area contributed by atoms with Crippen molar-refractivity contribution in [2.24, 2.45) is 4.99 Å². The van der Waals surface area contributed by atoms with E-state index < -0.39 is 11.7 Å². The van der Waals surface area contributed by atoms with Crippen LogP contribution in [0.5, 0.6) is 0 Å². The molecular formula is C20H32FN3O2. The average Bonchev–Trinajstić information content (AvgIpc) is 2.63. The Bertz CT molecular complexity index is 574. The number of amidine groups is 1. The lowest BCUT2D eigenvalue weighted by Crippen LogP contribution is -2.34. The fourth-order valence-corrected chi connectivity index (χ4v) is 2.53. The Morgan fingerprint density at radius 2 is 1.96 bits per heavy atom. The maximum absolute atomic E-state index is 13.8.